The number of piperidine rings is 1. The van der Waals surface area contributed by atoms with E-state index in [9.17, 15) is 5.11 Å². The van der Waals surface area contributed by atoms with Gasteiger partial charge in [-0.1, -0.05) is 30.3 Å². The zero-order valence-corrected chi connectivity index (χ0v) is 7.40. The summed E-state index contributed by atoms with van der Waals surface area (Å²) in [6.45, 7) is 0.968. The highest BCUT2D eigenvalue weighted by Crippen LogP contribution is 2.55. The van der Waals surface area contributed by atoms with Crippen molar-refractivity contribution in [3.05, 3.63) is 35.9 Å². The Morgan fingerprint density at radius 2 is 2.08 bits per heavy atom. The van der Waals surface area contributed by atoms with E-state index >= 15 is 0 Å². The van der Waals surface area contributed by atoms with Gasteiger partial charge in [-0.2, -0.15) is 0 Å². The number of rotatable bonds is 1. The van der Waals surface area contributed by atoms with E-state index in [1.54, 1.807) is 0 Å². The molecule has 13 heavy (non-hydrogen) atoms. The summed E-state index contributed by atoms with van der Waals surface area (Å²) in [6, 6.07) is 10.4. The maximum Gasteiger partial charge on any atom is 0.0886 e. The van der Waals surface area contributed by atoms with Gasteiger partial charge < -0.3 is 10.4 Å². The molecule has 3 atom stereocenters. The molecule has 3 rings (SSSR count). The molecule has 2 N–H and O–H groups in total. The summed E-state index contributed by atoms with van der Waals surface area (Å²) < 4.78 is 0. The maximum absolute atomic E-state index is 10.1. The Morgan fingerprint density at radius 3 is 2.62 bits per heavy atom. The summed E-state index contributed by atoms with van der Waals surface area (Å²) in [5.74, 6) is 0.498. The van der Waals surface area contributed by atoms with Crippen molar-refractivity contribution in [3.8, 4) is 0 Å². The van der Waals surface area contributed by atoms with E-state index in [2.05, 4.69) is 17.4 Å². The average molecular weight is 175 g/mol. The molecule has 1 saturated carbocycles. The molecule has 2 heteroatoms. The summed E-state index contributed by atoms with van der Waals surface area (Å²) in [6.07, 6.45) is 0.972. The van der Waals surface area contributed by atoms with E-state index in [0.717, 1.165) is 13.0 Å². The van der Waals surface area contributed by atoms with Crippen molar-refractivity contribution < 1.29 is 5.11 Å². The monoisotopic (exact) mass is 175 g/mol. The van der Waals surface area contributed by atoms with Crippen molar-refractivity contribution in [3.63, 3.8) is 0 Å². The minimum atomic E-state index is -0.429. The van der Waals surface area contributed by atoms with Crippen molar-refractivity contribution in [1.82, 2.24) is 5.32 Å². The van der Waals surface area contributed by atoms with Gasteiger partial charge in [0.15, 0.2) is 0 Å². The van der Waals surface area contributed by atoms with Gasteiger partial charge in [-0.05, 0) is 12.0 Å². The molecule has 1 saturated heterocycles. The molecule has 1 aromatic carbocycles. The molecular formula is C11H13NO. The first kappa shape index (κ1) is 7.54. The molecular weight excluding hydrogens is 162 g/mol. The smallest absolute Gasteiger partial charge is 0.0886 e. The van der Waals surface area contributed by atoms with Crippen molar-refractivity contribution in [2.45, 2.75) is 18.1 Å². The molecule has 0 aromatic heterocycles. The minimum Gasteiger partial charge on any atom is -0.388 e. The lowest BCUT2D eigenvalue weighted by molar-refractivity contribution is 0.116. The Hall–Kier alpha value is -0.860. The third kappa shape index (κ3) is 0.960. The fraction of sp³-hybridized carbons (Fsp3) is 0.455. The van der Waals surface area contributed by atoms with Gasteiger partial charge in [0, 0.05) is 12.5 Å². The number of hydrogen-bond donors (Lipinski definition) is 2. The minimum absolute atomic E-state index is 0.165. The van der Waals surface area contributed by atoms with Crippen LogP contribution in [0, 0.1) is 5.92 Å². The molecule has 0 radical (unpaired) electrons. The molecule has 2 aliphatic rings. The van der Waals surface area contributed by atoms with E-state index in [4.69, 9.17) is 0 Å². The molecule has 1 heterocycles. The van der Waals surface area contributed by atoms with Crippen LogP contribution in [0.5, 0.6) is 0 Å². The van der Waals surface area contributed by atoms with E-state index in [1.165, 1.54) is 5.56 Å². The second-order valence-electron chi connectivity index (χ2n) is 4.14. The molecule has 2 fully saturated rings. The summed E-state index contributed by atoms with van der Waals surface area (Å²) in [5, 5.41) is 13.5. The van der Waals surface area contributed by atoms with Gasteiger partial charge in [-0.15, -0.1) is 0 Å². The van der Waals surface area contributed by atoms with E-state index in [-0.39, 0.29) is 6.04 Å². The summed E-state index contributed by atoms with van der Waals surface area (Å²) in [4.78, 5) is 0. The van der Waals surface area contributed by atoms with Gasteiger partial charge in [0.25, 0.3) is 0 Å². The van der Waals surface area contributed by atoms with Crippen LogP contribution in [0.1, 0.15) is 18.0 Å². The number of hydrogen-bond acceptors (Lipinski definition) is 2. The van der Waals surface area contributed by atoms with E-state index < -0.39 is 5.60 Å². The third-order valence-corrected chi connectivity index (χ3v) is 3.32. The maximum atomic E-state index is 10.1. The van der Waals surface area contributed by atoms with Gasteiger partial charge >= 0.3 is 0 Å². The fourth-order valence-corrected chi connectivity index (χ4v) is 2.43. The van der Waals surface area contributed by atoms with Crippen LogP contribution in [0.25, 0.3) is 0 Å². The molecule has 1 aliphatic heterocycles. The lowest BCUT2D eigenvalue weighted by Crippen LogP contribution is -2.26. The van der Waals surface area contributed by atoms with Crippen molar-refractivity contribution in [2.75, 3.05) is 6.54 Å². The molecule has 0 spiro atoms. The van der Waals surface area contributed by atoms with Crippen molar-refractivity contribution in [2.24, 2.45) is 5.92 Å². The second kappa shape index (κ2) is 2.34. The second-order valence-corrected chi connectivity index (χ2v) is 4.14. The topological polar surface area (TPSA) is 32.3 Å². The Balaban J connectivity index is 1.94. The Kier molecular flexibility index (Phi) is 1.35. The van der Waals surface area contributed by atoms with Crippen LogP contribution < -0.4 is 5.32 Å². The molecule has 0 amide bonds. The zero-order chi connectivity index (χ0) is 8.89. The van der Waals surface area contributed by atoms with Gasteiger partial charge in [0.05, 0.1) is 11.6 Å². The highest BCUT2D eigenvalue weighted by Gasteiger charge is 2.62. The van der Waals surface area contributed by atoms with Crippen LogP contribution in [0.2, 0.25) is 0 Å². The number of nitrogens with one attached hydrogen (secondary N) is 1. The normalized spacial score (nSPS) is 41.6. The quantitative estimate of drug-likeness (QED) is 0.669. The van der Waals surface area contributed by atoms with Gasteiger partial charge in [-0.25, -0.2) is 0 Å². The third-order valence-electron chi connectivity index (χ3n) is 3.32. The van der Waals surface area contributed by atoms with E-state index in [1.807, 2.05) is 18.2 Å². The van der Waals surface area contributed by atoms with E-state index in [0.29, 0.717) is 5.92 Å². The highest BCUT2D eigenvalue weighted by atomic mass is 16.3. The van der Waals surface area contributed by atoms with Crippen molar-refractivity contribution in [1.29, 1.82) is 0 Å². The number of aliphatic hydroxyl groups is 1. The van der Waals surface area contributed by atoms with Gasteiger partial charge in [0.1, 0.15) is 0 Å². The summed E-state index contributed by atoms with van der Waals surface area (Å²) in [7, 11) is 0. The van der Waals surface area contributed by atoms with Gasteiger partial charge in [0.2, 0.25) is 0 Å². The number of fused-ring (bicyclic) bond motifs is 1. The van der Waals surface area contributed by atoms with Crippen LogP contribution >= 0.6 is 0 Å². The first-order valence-electron chi connectivity index (χ1n) is 4.81. The van der Waals surface area contributed by atoms with Crippen LogP contribution in [0.3, 0.4) is 0 Å². The fourth-order valence-electron chi connectivity index (χ4n) is 2.43. The Morgan fingerprint density at radius 1 is 1.31 bits per heavy atom. The number of benzene rings is 1. The SMILES string of the molecule is O[C@@]12CC1CN[C@H]2c1ccccc1. The average Bonchev–Trinajstić information content (AvgIpc) is 2.71. The lowest BCUT2D eigenvalue weighted by Gasteiger charge is -2.18. The molecule has 1 aliphatic carbocycles. The van der Waals surface area contributed by atoms with Gasteiger partial charge in [-0.3, -0.25) is 0 Å². The van der Waals surface area contributed by atoms with Crippen LogP contribution in [0.4, 0.5) is 0 Å². The Labute approximate surface area is 77.6 Å². The van der Waals surface area contributed by atoms with Crippen LogP contribution in [0.15, 0.2) is 30.3 Å². The first-order valence-corrected chi connectivity index (χ1v) is 4.81. The zero-order valence-electron chi connectivity index (χ0n) is 7.40. The Bertz CT molecular complexity index is 322. The molecule has 0 bridgehead atoms. The summed E-state index contributed by atoms with van der Waals surface area (Å²) in [5.41, 5.74) is 0.784. The predicted octanol–water partition coefficient (Wildman–Crippen LogP) is 1.08. The standard InChI is InChI=1S/C11H13NO/c13-11-6-9(11)7-12-10(11)8-4-2-1-3-5-8/h1-5,9-10,12-13H,6-7H2/t9?,10-,11-/m0/s1. The summed E-state index contributed by atoms with van der Waals surface area (Å²) >= 11 is 0. The predicted molar refractivity (Wildman–Crippen MR) is 50.2 cm³/mol. The largest absolute Gasteiger partial charge is 0.388 e. The molecule has 1 unspecified atom stereocenters. The van der Waals surface area contributed by atoms with Crippen LogP contribution in [-0.2, 0) is 0 Å². The molecule has 1 aromatic rings. The molecule has 2 nitrogen and oxygen atoms in total. The van der Waals surface area contributed by atoms with Crippen molar-refractivity contribution >= 4 is 0 Å². The highest BCUT2D eigenvalue weighted by molar-refractivity contribution is 5.30. The first-order chi connectivity index (χ1) is 6.31. The molecule has 68 valence electrons. The van der Waals surface area contributed by atoms with Crippen LogP contribution in [-0.4, -0.2) is 17.3 Å². The lowest BCUT2D eigenvalue weighted by atomic mass is 10.0.